The summed E-state index contributed by atoms with van der Waals surface area (Å²) < 4.78 is 16.6. The van der Waals surface area contributed by atoms with Crippen molar-refractivity contribution in [2.45, 2.75) is 52.1 Å². The predicted octanol–water partition coefficient (Wildman–Crippen LogP) is 3.48. The van der Waals surface area contributed by atoms with E-state index >= 15 is 0 Å². The Kier molecular flexibility index (Phi) is 6.63. The van der Waals surface area contributed by atoms with Crippen LogP contribution in [0, 0.1) is 5.92 Å². The van der Waals surface area contributed by atoms with Crippen LogP contribution >= 0.6 is 0 Å². The number of hydrogen-bond acceptors (Lipinski definition) is 6. The van der Waals surface area contributed by atoms with Crippen molar-refractivity contribution in [3.63, 3.8) is 0 Å². The highest BCUT2D eigenvalue weighted by atomic mass is 16.5. The molecule has 0 saturated heterocycles. The summed E-state index contributed by atoms with van der Waals surface area (Å²) in [4.78, 5) is 26.8. The Morgan fingerprint density at radius 1 is 1.17 bits per heavy atom. The monoisotopic (exact) mass is 401 g/mol. The maximum Gasteiger partial charge on any atom is 0.170 e. The number of rotatable bonds is 8. The molecule has 6 heteroatoms. The number of nitrogens with zero attached hydrogens (tertiary/aromatic N) is 1. The van der Waals surface area contributed by atoms with Gasteiger partial charge >= 0.3 is 0 Å². The van der Waals surface area contributed by atoms with Crippen molar-refractivity contribution in [1.82, 2.24) is 4.90 Å². The Bertz CT molecular complexity index is 814. The van der Waals surface area contributed by atoms with Crippen molar-refractivity contribution in [3.8, 4) is 11.5 Å². The van der Waals surface area contributed by atoms with Gasteiger partial charge in [0.25, 0.3) is 0 Å². The smallest absolute Gasteiger partial charge is 0.170 e. The van der Waals surface area contributed by atoms with Crippen LogP contribution in [0.2, 0.25) is 0 Å². The fourth-order valence-electron chi connectivity index (χ4n) is 4.26. The van der Waals surface area contributed by atoms with Crippen molar-refractivity contribution < 1.29 is 23.8 Å². The van der Waals surface area contributed by atoms with Crippen LogP contribution in [0.5, 0.6) is 11.5 Å². The van der Waals surface area contributed by atoms with E-state index in [0.717, 1.165) is 24.2 Å². The molecule has 158 valence electrons. The summed E-state index contributed by atoms with van der Waals surface area (Å²) in [6.07, 6.45) is 3.72. The second-order valence-electron chi connectivity index (χ2n) is 8.10. The highest BCUT2D eigenvalue weighted by Gasteiger charge is 2.40. The Morgan fingerprint density at radius 3 is 2.55 bits per heavy atom. The van der Waals surface area contributed by atoms with Gasteiger partial charge in [-0.2, -0.15) is 0 Å². The summed E-state index contributed by atoms with van der Waals surface area (Å²) in [7, 11) is 3.30. The lowest BCUT2D eigenvalue weighted by Gasteiger charge is -2.47. The van der Waals surface area contributed by atoms with Gasteiger partial charge in [-0.25, -0.2) is 0 Å². The minimum atomic E-state index is -0.167. The number of methoxy groups -OCH3 is 2. The molecule has 29 heavy (non-hydrogen) atoms. The summed E-state index contributed by atoms with van der Waals surface area (Å²) in [5.41, 5.74) is 2.57. The Hall–Kier alpha value is -2.34. The fourth-order valence-corrected chi connectivity index (χ4v) is 4.26. The molecule has 1 unspecified atom stereocenters. The first-order valence-corrected chi connectivity index (χ1v) is 10.2. The number of Topliss-reactive ketones (excluding diaryl/α,β-unsaturated/α-hetero) is 2. The molecule has 2 aliphatic heterocycles. The van der Waals surface area contributed by atoms with Crippen LogP contribution in [0.25, 0.3) is 0 Å². The van der Waals surface area contributed by atoms with Crippen molar-refractivity contribution in [1.29, 1.82) is 0 Å². The molecule has 2 heterocycles. The van der Waals surface area contributed by atoms with Crippen LogP contribution in [0.4, 0.5) is 0 Å². The number of carbonyl (C=O) groups excluding carboxylic acids is 2. The topological polar surface area (TPSA) is 65.1 Å². The average molecular weight is 402 g/mol. The lowest BCUT2D eigenvalue weighted by Crippen LogP contribution is -2.47. The van der Waals surface area contributed by atoms with Gasteiger partial charge in [0.1, 0.15) is 0 Å². The molecule has 0 radical (unpaired) electrons. The largest absolute Gasteiger partial charge is 0.493 e. The van der Waals surface area contributed by atoms with E-state index < -0.39 is 0 Å². The first kappa shape index (κ1) is 21.4. The van der Waals surface area contributed by atoms with E-state index in [4.69, 9.17) is 14.2 Å². The van der Waals surface area contributed by atoms with E-state index in [2.05, 4.69) is 24.8 Å². The molecule has 3 rings (SSSR count). The highest BCUT2D eigenvalue weighted by Crippen LogP contribution is 2.45. The molecule has 0 fully saturated rings. The zero-order valence-corrected chi connectivity index (χ0v) is 18.0. The molecule has 0 aromatic heterocycles. The lowest BCUT2D eigenvalue weighted by molar-refractivity contribution is -0.122. The van der Waals surface area contributed by atoms with Crippen LogP contribution in [-0.2, 0) is 20.7 Å². The molecule has 1 aromatic carbocycles. The van der Waals surface area contributed by atoms with Gasteiger partial charge in [0.2, 0.25) is 0 Å². The minimum absolute atomic E-state index is 0.0850. The fraction of sp³-hybridized carbons (Fsp3) is 0.565. The van der Waals surface area contributed by atoms with Crippen molar-refractivity contribution in [3.05, 3.63) is 35.0 Å². The second-order valence-corrected chi connectivity index (χ2v) is 8.10. The summed E-state index contributed by atoms with van der Waals surface area (Å²) in [6.45, 7) is 7.01. The highest BCUT2D eigenvalue weighted by molar-refractivity contribution is 6.19. The number of allylic oxidation sites excluding steroid dienone is 1. The van der Waals surface area contributed by atoms with Gasteiger partial charge in [0, 0.05) is 38.8 Å². The van der Waals surface area contributed by atoms with E-state index in [9.17, 15) is 9.59 Å². The van der Waals surface area contributed by atoms with Crippen LogP contribution in [0.15, 0.2) is 23.9 Å². The zero-order chi connectivity index (χ0) is 21.1. The van der Waals surface area contributed by atoms with Gasteiger partial charge in [-0.1, -0.05) is 13.8 Å². The Balaban J connectivity index is 1.99. The summed E-state index contributed by atoms with van der Waals surface area (Å²) in [5, 5.41) is 0. The average Bonchev–Trinajstić information content (AvgIpc) is 2.69. The number of hydrogen-bond donors (Lipinski definition) is 0. The normalized spacial score (nSPS) is 20.8. The maximum absolute atomic E-state index is 12.6. The third-order valence-electron chi connectivity index (χ3n) is 5.81. The van der Waals surface area contributed by atoms with Crippen LogP contribution < -0.4 is 9.47 Å². The van der Waals surface area contributed by atoms with E-state index in [-0.39, 0.29) is 23.7 Å². The van der Waals surface area contributed by atoms with Crippen molar-refractivity contribution in [2.24, 2.45) is 5.92 Å². The van der Waals surface area contributed by atoms with Crippen LogP contribution in [0.3, 0.4) is 0 Å². The number of benzene rings is 1. The molecular formula is C23H31NO5. The maximum atomic E-state index is 12.6. The lowest BCUT2D eigenvalue weighted by atomic mass is 9.79. The predicted molar refractivity (Wildman–Crippen MR) is 110 cm³/mol. The number of ketones is 2. The summed E-state index contributed by atoms with van der Waals surface area (Å²) >= 11 is 0. The van der Waals surface area contributed by atoms with Crippen molar-refractivity contribution in [2.75, 3.05) is 27.4 Å². The molecule has 0 saturated carbocycles. The van der Waals surface area contributed by atoms with Gasteiger partial charge in [0.15, 0.2) is 23.1 Å². The second kappa shape index (κ2) is 8.99. The summed E-state index contributed by atoms with van der Waals surface area (Å²) in [6, 6.07) is 4.18. The number of ether oxygens (including phenoxy) is 3. The van der Waals surface area contributed by atoms with Gasteiger partial charge in [-0.3, -0.25) is 9.59 Å². The quantitative estimate of drug-likeness (QED) is 0.491. The summed E-state index contributed by atoms with van der Waals surface area (Å²) in [5.74, 6) is 1.50. The number of carbonyl (C=O) groups is 2. The van der Waals surface area contributed by atoms with Gasteiger partial charge in [-0.05, 0) is 42.5 Å². The number of fused-ring (bicyclic) bond motifs is 3. The standard InChI is InChI=1S/C23H31NO5/c1-14(2)19-9-16-10-23(29-8-6-7-27-4)22(28-5)11-17(16)20-12-21(26)18(15(3)25)13-24(19)20/h10-11,13-14,19-20H,6-9,12H2,1-5H3/t19-,20?/m0/s1. The van der Waals surface area contributed by atoms with Gasteiger partial charge in [-0.15, -0.1) is 0 Å². The zero-order valence-electron chi connectivity index (χ0n) is 18.0. The Labute approximate surface area is 172 Å². The molecule has 6 nitrogen and oxygen atoms in total. The minimum Gasteiger partial charge on any atom is -0.493 e. The van der Waals surface area contributed by atoms with E-state index in [0.29, 0.717) is 36.9 Å². The first-order valence-electron chi connectivity index (χ1n) is 10.2. The molecule has 2 aliphatic rings. The molecule has 1 aromatic rings. The SMILES string of the molecule is COCCCOc1cc2c(cc1OC)C1CC(=O)C(C(C)=O)=CN1[C@H](C(C)C)C2. The van der Waals surface area contributed by atoms with Gasteiger partial charge < -0.3 is 19.1 Å². The van der Waals surface area contributed by atoms with Gasteiger partial charge in [0.05, 0.1) is 25.3 Å². The molecular weight excluding hydrogens is 370 g/mol. The molecule has 0 aliphatic carbocycles. The molecule has 2 atom stereocenters. The molecule has 0 N–H and O–H groups in total. The Morgan fingerprint density at radius 2 is 1.93 bits per heavy atom. The van der Waals surface area contributed by atoms with E-state index in [1.807, 2.05) is 6.07 Å². The molecule has 0 bridgehead atoms. The first-order chi connectivity index (χ1) is 13.9. The van der Waals surface area contributed by atoms with Crippen LogP contribution in [-0.4, -0.2) is 49.9 Å². The van der Waals surface area contributed by atoms with Crippen LogP contribution in [0.1, 0.15) is 50.8 Å². The van der Waals surface area contributed by atoms with Crippen molar-refractivity contribution >= 4 is 11.6 Å². The molecule has 0 amide bonds. The third-order valence-corrected chi connectivity index (χ3v) is 5.81. The van der Waals surface area contributed by atoms with E-state index in [1.54, 1.807) is 20.4 Å². The molecule has 0 spiro atoms. The van der Waals surface area contributed by atoms with E-state index in [1.165, 1.54) is 12.5 Å². The third kappa shape index (κ3) is 4.32.